The highest BCUT2D eigenvalue weighted by atomic mass is 32.1. The third-order valence-electron chi connectivity index (χ3n) is 4.62. The average Bonchev–Trinajstić information content (AvgIpc) is 3.28. The van der Waals surface area contributed by atoms with Crippen molar-refractivity contribution in [1.82, 2.24) is 10.5 Å². The second-order valence-electron chi connectivity index (χ2n) is 7.53. The highest BCUT2D eigenvalue weighted by Crippen LogP contribution is 2.17. The molecule has 0 aliphatic heterocycles. The summed E-state index contributed by atoms with van der Waals surface area (Å²) in [5, 5.41) is 12.5. The van der Waals surface area contributed by atoms with Crippen LogP contribution in [0, 0.1) is 16.0 Å². The summed E-state index contributed by atoms with van der Waals surface area (Å²) in [5.41, 5.74) is 3.98. The van der Waals surface area contributed by atoms with Gasteiger partial charge in [-0.15, -0.1) is 11.3 Å². The van der Waals surface area contributed by atoms with Crippen LogP contribution in [0.5, 0.6) is 0 Å². The summed E-state index contributed by atoms with van der Waals surface area (Å²) in [5.74, 6) is -0.570. The van der Waals surface area contributed by atoms with Gasteiger partial charge in [-0.25, -0.2) is 9.78 Å². The zero-order valence-corrected chi connectivity index (χ0v) is 19.8. The Balaban J connectivity index is 1.68. The lowest BCUT2D eigenvalue weighted by molar-refractivity contribution is -0.384. The number of nitro groups is 1. The van der Waals surface area contributed by atoms with Crippen LogP contribution >= 0.6 is 11.3 Å². The number of nitro benzene ring substituents is 1. The first-order chi connectivity index (χ1) is 15.8. The fraction of sp³-hybridized carbons (Fsp3) is 0.500. The van der Waals surface area contributed by atoms with E-state index in [1.54, 1.807) is 19.1 Å². The van der Waals surface area contributed by atoms with Crippen molar-refractivity contribution in [2.24, 2.45) is 5.92 Å². The Labute approximate surface area is 196 Å². The molecular formula is C22H29N3O7S. The molecule has 1 aromatic heterocycles. The smallest absolute Gasteiger partial charge is 0.357 e. The molecule has 180 valence electrons. The predicted octanol–water partition coefficient (Wildman–Crippen LogP) is 3.95. The van der Waals surface area contributed by atoms with Crippen LogP contribution in [-0.2, 0) is 20.9 Å². The van der Waals surface area contributed by atoms with Gasteiger partial charge >= 0.3 is 5.97 Å². The van der Waals surface area contributed by atoms with Crippen molar-refractivity contribution in [2.45, 2.75) is 46.3 Å². The van der Waals surface area contributed by atoms with Crippen LogP contribution in [0.1, 0.15) is 59.5 Å². The molecule has 0 aliphatic rings. The van der Waals surface area contributed by atoms with Crippen molar-refractivity contribution in [2.75, 3.05) is 19.8 Å². The van der Waals surface area contributed by atoms with Crippen LogP contribution in [0.25, 0.3) is 0 Å². The molecule has 1 atom stereocenters. The van der Waals surface area contributed by atoms with Crippen LogP contribution in [0.3, 0.4) is 0 Å². The number of nitrogens with zero attached hydrogens (tertiary/aromatic N) is 2. The minimum atomic E-state index is -0.537. The van der Waals surface area contributed by atoms with Gasteiger partial charge < -0.3 is 14.3 Å². The number of carbonyl (C=O) groups excluding carboxylic acids is 2. The van der Waals surface area contributed by atoms with Crippen molar-refractivity contribution >= 4 is 28.8 Å². The fourth-order valence-electron chi connectivity index (χ4n) is 2.70. The first-order valence-corrected chi connectivity index (χ1v) is 11.5. The molecule has 0 saturated heterocycles. The highest BCUT2D eigenvalue weighted by Gasteiger charge is 2.22. The van der Waals surface area contributed by atoms with Crippen LogP contribution < -0.4 is 5.48 Å². The Kier molecular flexibility index (Phi) is 11.0. The number of esters is 1. The maximum atomic E-state index is 12.6. The van der Waals surface area contributed by atoms with Crippen molar-refractivity contribution in [3.63, 3.8) is 0 Å². The van der Waals surface area contributed by atoms with Gasteiger partial charge in [0.15, 0.2) is 16.5 Å². The van der Waals surface area contributed by atoms with Crippen molar-refractivity contribution in [3.8, 4) is 0 Å². The number of hydrogen-bond donors (Lipinski definition) is 1. The van der Waals surface area contributed by atoms with E-state index in [9.17, 15) is 19.7 Å². The van der Waals surface area contributed by atoms with Crippen LogP contribution in [0.15, 0.2) is 29.6 Å². The number of carbonyl (C=O) groups is 2. The number of hydroxylamine groups is 1. The summed E-state index contributed by atoms with van der Waals surface area (Å²) in [6.45, 7) is 7.12. The molecule has 0 saturated carbocycles. The van der Waals surface area contributed by atoms with Crippen molar-refractivity contribution < 1.29 is 28.8 Å². The monoisotopic (exact) mass is 479 g/mol. The largest absolute Gasteiger partial charge is 0.461 e. The Morgan fingerprint density at radius 2 is 1.94 bits per heavy atom. The van der Waals surface area contributed by atoms with Gasteiger partial charge in [-0.05, 0) is 37.0 Å². The molecule has 2 rings (SSSR count). The number of aromatic nitrogens is 1. The first kappa shape index (κ1) is 26.5. The van der Waals surface area contributed by atoms with E-state index in [1.807, 2.05) is 13.8 Å². The Bertz CT molecular complexity index is 915. The lowest BCUT2D eigenvalue weighted by Gasteiger charge is -2.21. The molecule has 1 heterocycles. The highest BCUT2D eigenvalue weighted by molar-refractivity contribution is 7.11. The number of non-ortho nitro benzene ring substituents is 1. The molecule has 0 fully saturated rings. The first-order valence-electron chi connectivity index (χ1n) is 10.7. The summed E-state index contributed by atoms with van der Waals surface area (Å²) in [7, 11) is 0. The van der Waals surface area contributed by atoms with Gasteiger partial charge in [0.1, 0.15) is 0 Å². The topological polar surface area (TPSA) is 130 Å². The van der Waals surface area contributed by atoms with Gasteiger partial charge in [-0.3, -0.25) is 14.9 Å². The van der Waals surface area contributed by atoms with E-state index < -0.39 is 10.9 Å². The third-order valence-corrected chi connectivity index (χ3v) is 5.51. The molecule has 33 heavy (non-hydrogen) atoms. The van der Waals surface area contributed by atoms with Crippen LogP contribution in [0.2, 0.25) is 0 Å². The molecule has 11 heteroatoms. The molecule has 0 amide bonds. The van der Waals surface area contributed by atoms with Gasteiger partial charge in [0.05, 0.1) is 24.7 Å². The minimum absolute atomic E-state index is 0.0470. The maximum absolute atomic E-state index is 12.6. The Morgan fingerprint density at radius 3 is 2.58 bits per heavy atom. The predicted molar refractivity (Wildman–Crippen MR) is 122 cm³/mol. The molecule has 0 spiro atoms. The molecule has 0 radical (unpaired) electrons. The van der Waals surface area contributed by atoms with Gasteiger partial charge in [0, 0.05) is 36.6 Å². The Morgan fingerprint density at radius 1 is 1.21 bits per heavy atom. The van der Waals surface area contributed by atoms with Gasteiger partial charge in [0.2, 0.25) is 0 Å². The zero-order chi connectivity index (χ0) is 24.2. The molecule has 0 aliphatic carbocycles. The van der Waals surface area contributed by atoms with E-state index in [-0.39, 0.29) is 47.2 Å². The van der Waals surface area contributed by atoms with Crippen LogP contribution in [0.4, 0.5) is 5.69 Å². The van der Waals surface area contributed by atoms with Crippen molar-refractivity contribution in [1.29, 1.82) is 0 Å². The van der Waals surface area contributed by atoms with Crippen LogP contribution in [-0.4, -0.2) is 47.5 Å². The third kappa shape index (κ3) is 8.97. The normalized spacial score (nSPS) is 12.0. The molecule has 10 nitrogen and oxygen atoms in total. The quantitative estimate of drug-likeness (QED) is 0.133. The number of Topliss-reactive ketones (excluding diaryl/α,β-unsaturated/α-hetero) is 1. The number of benzene rings is 1. The van der Waals surface area contributed by atoms with Gasteiger partial charge in [-0.1, -0.05) is 13.8 Å². The summed E-state index contributed by atoms with van der Waals surface area (Å²) < 4.78 is 10.5. The van der Waals surface area contributed by atoms with E-state index in [0.29, 0.717) is 26.2 Å². The zero-order valence-electron chi connectivity index (χ0n) is 18.9. The summed E-state index contributed by atoms with van der Waals surface area (Å²) in [4.78, 5) is 44.1. The number of thiazole rings is 1. The van der Waals surface area contributed by atoms with E-state index >= 15 is 0 Å². The average molecular weight is 480 g/mol. The summed E-state index contributed by atoms with van der Waals surface area (Å²) in [6, 6.07) is 6.01. The van der Waals surface area contributed by atoms with Gasteiger partial charge in [0.25, 0.3) is 5.69 Å². The Hall–Kier alpha value is -2.73. The molecule has 1 unspecified atom stereocenters. The van der Waals surface area contributed by atoms with Gasteiger partial charge in [-0.2, -0.15) is 5.48 Å². The second-order valence-corrected chi connectivity index (χ2v) is 8.39. The molecule has 1 aromatic carbocycles. The molecular weight excluding hydrogens is 450 g/mol. The maximum Gasteiger partial charge on any atom is 0.357 e. The number of ketones is 1. The number of rotatable bonds is 15. The summed E-state index contributed by atoms with van der Waals surface area (Å²) in [6.07, 6.45) is 0.818. The summed E-state index contributed by atoms with van der Waals surface area (Å²) >= 11 is 1.12. The molecule has 0 bridgehead atoms. The van der Waals surface area contributed by atoms with E-state index in [4.69, 9.17) is 14.3 Å². The number of ether oxygens (including phenoxy) is 2. The van der Waals surface area contributed by atoms with E-state index in [1.165, 1.54) is 17.5 Å². The fourth-order valence-corrected chi connectivity index (χ4v) is 3.44. The SMILES string of the molecule is CCOC(=O)c1csc(C(=O)CC(NOCCCOCc2ccc([N+](=O)[O-])cc2)C(C)C)n1. The molecule has 1 N–H and O–H groups in total. The number of hydrogen-bond acceptors (Lipinski definition) is 10. The standard InChI is InChI=1S/C22H29N3O7S/c1-4-31-22(27)19-14-33-21(23-19)20(26)12-18(15(2)3)24-32-11-5-10-30-13-16-6-8-17(9-7-16)25(28)29/h6-9,14-15,18,24H,4-5,10-13H2,1-3H3. The number of nitrogens with one attached hydrogen (secondary N) is 1. The lowest BCUT2D eigenvalue weighted by atomic mass is 10.00. The minimum Gasteiger partial charge on any atom is -0.461 e. The second kappa shape index (κ2) is 13.7. The van der Waals surface area contributed by atoms with E-state index in [2.05, 4.69) is 10.5 Å². The lowest BCUT2D eigenvalue weighted by Crippen LogP contribution is -2.36. The molecule has 2 aromatic rings. The van der Waals surface area contributed by atoms with E-state index in [0.717, 1.165) is 16.9 Å². The van der Waals surface area contributed by atoms with Crippen molar-refractivity contribution in [3.05, 3.63) is 56.0 Å².